The minimum Gasteiger partial charge on any atom is -0.458 e. The summed E-state index contributed by atoms with van der Waals surface area (Å²) in [5.74, 6) is -3.19. The fourth-order valence-electron chi connectivity index (χ4n) is 4.60. The zero-order valence-electron chi connectivity index (χ0n) is 27.8. The molecule has 0 saturated heterocycles. The maximum Gasteiger partial charge on any atom is 0.329 e. The molecule has 7 amide bonds. The van der Waals surface area contributed by atoms with Gasteiger partial charge in [-0.15, -0.1) is 0 Å². The molecule has 0 fully saturated rings. The summed E-state index contributed by atoms with van der Waals surface area (Å²) in [7, 11) is 0. The van der Waals surface area contributed by atoms with E-state index in [1.807, 2.05) is 0 Å². The van der Waals surface area contributed by atoms with Crippen LogP contribution in [-0.4, -0.2) is 89.8 Å². The van der Waals surface area contributed by atoms with Gasteiger partial charge >= 0.3 is 12.0 Å². The standard InChI is InChI=1S/C31H53N7O8/c1-20(2)26(37-23(39)14-7-6-10-19-38-24(40)15-16-25(38)41)28(43)35-21(13-11-18-34-30(33)45)27(42)36-22(12-8-9-17-32)29(44)46-31(3,4)5/h15-16,20-22,26H,6-14,17-19,32H2,1-5H3,(H,35,43)(H,36,42)(H,37,39)(H3,33,34,45). The first kappa shape index (κ1) is 40.0. The van der Waals surface area contributed by atoms with Crippen molar-refractivity contribution in [1.29, 1.82) is 0 Å². The minimum absolute atomic E-state index is 0.109. The number of hydrogen-bond donors (Lipinski definition) is 6. The van der Waals surface area contributed by atoms with Crippen molar-refractivity contribution in [2.24, 2.45) is 17.4 Å². The topological polar surface area (TPSA) is 232 Å². The lowest BCUT2D eigenvalue weighted by atomic mass is 10.0. The summed E-state index contributed by atoms with van der Waals surface area (Å²) in [6.45, 7) is 9.50. The predicted octanol–water partition coefficient (Wildman–Crippen LogP) is 0.501. The smallest absolute Gasteiger partial charge is 0.329 e. The van der Waals surface area contributed by atoms with E-state index in [2.05, 4.69) is 21.3 Å². The molecule has 0 aromatic rings. The number of carbonyl (C=O) groups is 7. The molecule has 3 unspecified atom stereocenters. The highest BCUT2D eigenvalue weighted by Gasteiger charge is 2.32. The second-order valence-corrected chi connectivity index (χ2v) is 12.6. The number of nitrogens with two attached hydrogens (primary N) is 2. The van der Waals surface area contributed by atoms with Crippen molar-refractivity contribution >= 4 is 41.5 Å². The molecule has 260 valence electrons. The van der Waals surface area contributed by atoms with Crippen LogP contribution in [-0.2, 0) is 33.5 Å². The van der Waals surface area contributed by atoms with Gasteiger partial charge in [-0.05, 0) is 78.2 Å². The molecule has 1 aliphatic rings. The van der Waals surface area contributed by atoms with Gasteiger partial charge in [0.25, 0.3) is 11.8 Å². The minimum atomic E-state index is -1.09. The highest BCUT2D eigenvalue weighted by atomic mass is 16.6. The van der Waals surface area contributed by atoms with Gasteiger partial charge in [0.1, 0.15) is 23.7 Å². The molecule has 1 rings (SSSR count). The molecule has 0 saturated carbocycles. The Bertz CT molecular complexity index is 1080. The summed E-state index contributed by atoms with van der Waals surface area (Å²) in [5.41, 5.74) is 9.95. The molecule has 0 radical (unpaired) electrons. The van der Waals surface area contributed by atoms with E-state index < -0.39 is 47.5 Å². The highest BCUT2D eigenvalue weighted by Crippen LogP contribution is 2.13. The summed E-state index contributed by atoms with van der Waals surface area (Å²) in [4.78, 5) is 88.1. The molecule has 8 N–H and O–H groups in total. The molecule has 0 bridgehead atoms. The first-order valence-electron chi connectivity index (χ1n) is 16.0. The second kappa shape index (κ2) is 20.2. The van der Waals surface area contributed by atoms with Crippen LogP contribution in [0.25, 0.3) is 0 Å². The third-order valence-corrected chi connectivity index (χ3v) is 7.01. The van der Waals surface area contributed by atoms with Crippen LogP contribution < -0.4 is 32.7 Å². The van der Waals surface area contributed by atoms with E-state index in [9.17, 15) is 33.6 Å². The monoisotopic (exact) mass is 651 g/mol. The van der Waals surface area contributed by atoms with Gasteiger partial charge in [0.15, 0.2) is 0 Å². The van der Waals surface area contributed by atoms with Crippen molar-refractivity contribution in [1.82, 2.24) is 26.2 Å². The van der Waals surface area contributed by atoms with Crippen LogP contribution in [0.4, 0.5) is 4.79 Å². The Morgan fingerprint density at radius 2 is 1.43 bits per heavy atom. The van der Waals surface area contributed by atoms with Crippen molar-refractivity contribution in [3.05, 3.63) is 12.2 Å². The summed E-state index contributed by atoms with van der Waals surface area (Å²) >= 11 is 0. The SMILES string of the molecule is CC(C)C(NC(=O)CCCCCN1C(=O)C=CC1=O)C(=O)NC(CCCNC(N)=O)C(=O)NC(CCCCN)C(=O)OC(C)(C)C. The number of rotatable bonds is 21. The molecule has 0 aromatic carbocycles. The lowest BCUT2D eigenvalue weighted by molar-refractivity contribution is -0.159. The summed E-state index contributed by atoms with van der Waals surface area (Å²) < 4.78 is 5.50. The van der Waals surface area contributed by atoms with Gasteiger partial charge in [-0.25, -0.2) is 9.59 Å². The highest BCUT2D eigenvalue weighted by molar-refractivity contribution is 6.12. The van der Waals surface area contributed by atoms with E-state index in [1.54, 1.807) is 34.6 Å². The number of nitrogens with one attached hydrogen (secondary N) is 4. The van der Waals surface area contributed by atoms with Crippen molar-refractivity contribution in [3.8, 4) is 0 Å². The van der Waals surface area contributed by atoms with Crippen LogP contribution in [0, 0.1) is 5.92 Å². The number of ether oxygens (including phenoxy) is 1. The van der Waals surface area contributed by atoms with Crippen molar-refractivity contribution < 1.29 is 38.3 Å². The first-order valence-corrected chi connectivity index (χ1v) is 16.0. The summed E-state index contributed by atoms with van der Waals surface area (Å²) in [6, 6.07) is -3.75. The number of primary amides is 1. The Morgan fingerprint density at radius 1 is 0.826 bits per heavy atom. The third kappa shape index (κ3) is 15.8. The van der Waals surface area contributed by atoms with Gasteiger partial charge in [0.2, 0.25) is 17.7 Å². The zero-order chi connectivity index (χ0) is 34.9. The molecule has 15 nitrogen and oxygen atoms in total. The molecule has 0 spiro atoms. The number of esters is 1. The van der Waals surface area contributed by atoms with Gasteiger partial charge < -0.3 is 37.5 Å². The fraction of sp³-hybridized carbons (Fsp3) is 0.710. The lowest BCUT2D eigenvalue weighted by Crippen LogP contribution is -2.57. The van der Waals surface area contributed by atoms with Crippen molar-refractivity contribution in [2.45, 2.75) is 116 Å². The molecule has 1 aliphatic heterocycles. The number of unbranched alkanes of at least 4 members (excludes halogenated alkanes) is 3. The van der Waals surface area contributed by atoms with Crippen LogP contribution >= 0.6 is 0 Å². The van der Waals surface area contributed by atoms with Crippen LogP contribution in [0.2, 0.25) is 0 Å². The fourth-order valence-corrected chi connectivity index (χ4v) is 4.60. The Balaban J connectivity index is 2.87. The third-order valence-electron chi connectivity index (χ3n) is 7.01. The predicted molar refractivity (Wildman–Crippen MR) is 171 cm³/mol. The van der Waals surface area contributed by atoms with Gasteiger partial charge in [-0.2, -0.15) is 0 Å². The van der Waals surface area contributed by atoms with E-state index in [0.717, 1.165) is 4.90 Å². The molecule has 15 heteroatoms. The Morgan fingerprint density at radius 3 is 2.00 bits per heavy atom. The Labute approximate surface area is 271 Å². The van der Waals surface area contributed by atoms with E-state index in [4.69, 9.17) is 16.2 Å². The first-order chi connectivity index (χ1) is 21.5. The number of nitrogens with zero attached hydrogens (tertiary/aromatic N) is 1. The Kier molecular flexibility index (Phi) is 17.6. The molecule has 0 aliphatic carbocycles. The molecule has 1 heterocycles. The Hall–Kier alpha value is -4.01. The van der Waals surface area contributed by atoms with E-state index in [0.29, 0.717) is 38.6 Å². The number of amides is 7. The van der Waals surface area contributed by atoms with Crippen molar-refractivity contribution in [2.75, 3.05) is 19.6 Å². The molecular weight excluding hydrogens is 598 g/mol. The summed E-state index contributed by atoms with van der Waals surface area (Å²) in [6.07, 6.45) is 6.07. The van der Waals surface area contributed by atoms with Gasteiger partial charge in [-0.1, -0.05) is 20.3 Å². The van der Waals surface area contributed by atoms with Crippen LogP contribution in [0.3, 0.4) is 0 Å². The lowest BCUT2D eigenvalue weighted by Gasteiger charge is -2.28. The normalized spacial score (nSPS) is 14.9. The number of urea groups is 1. The average molecular weight is 652 g/mol. The number of carbonyl (C=O) groups excluding carboxylic acids is 7. The summed E-state index contributed by atoms with van der Waals surface area (Å²) in [5, 5.41) is 10.6. The van der Waals surface area contributed by atoms with Crippen molar-refractivity contribution in [3.63, 3.8) is 0 Å². The maximum absolute atomic E-state index is 13.5. The van der Waals surface area contributed by atoms with Gasteiger partial charge in [-0.3, -0.25) is 28.9 Å². The molecule has 0 aromatic heterocycles. The van der Waals surface area contributed by atoms with Gasteiger partial charge in [0, 0.05) is 31.7 Å². The van der Waals surface area contributed by atoms with Crippen LogP contribution in [0.5, 0.6) is 0 Å². The van der Waals surface area contributed by atoms with Gasteiger partial charge in [0.05, 0.1) is 0 Å². The van der Waals surface area contributed by atoms with E-state index in [-0.39, 0.29) is 62.4 Å². The quantitative estimate of drug-likeness (QED) is 0.0575. The number of imide groups is 1. The maximum atomic E-state index is 13.5. The van der Waals surface area contributed by atoms with E-state index in [1.165, 1.54) is 12.2 Å². The van der Waals surface area contributed by atoms with Crippen LogP contribution in [0.15, 0.2) is 12.2 Å². The zero-order valence-corrected chi connectivity index (χ0v) is 27.8. The van der Waals surface area contributed by atoms with E-state index >= 15 is 0 Å². The average Bonchev–Trinajstić information content (AvgIpc) is 3.27. The number of hydrogen-bond acceptors (Lipinski definition) is 9. The second-order valence-electron chi connectivity index (χ2n) is 12.6. The molecule has 46 heavy (non-hydrogen) atoms. The molecule has 3 atom stereocenters. The van der Waals surface area contributed by atoms with Crippen LogP contribution in [0.1, 0.15) is 92.4 Å². The molecular formula is C31H53N7O8. The largest absolute Gasteiger partial charge is 0.458 e.